The van der Waals surface area contributed by atoms with Gasteiger partial charge in [-0.3, -0.25) is 19.1 Å². The standard InChI is InChI=1S/C32H21N7/c1-2-8-21(9-3-1)30-35-31(38-26-12-6-4-10-22(26)24-14-17-33-19-16-28(24)38)37-32(36-30)39-27-13-7-5-11-23(27)25-15-18-34-20-29(25)39/h1-15,17-20H,16H2. The maximum Gasteiger partial charge on any atom is 0.240 e. The maximum absolute atomic E-state index is 5.14. The van der Waals surface area contributed by atoms with Crippen molar-refractivity contribution in [2.45, 2.75) is 6.42 Å². The molecule has 7 aromatic rings. The molecule has 0 N–H and O–H groups in total. The van der Waals surface area contributed by atoms with E-state index < -0.39 is 0 Å². The molecule has 1 aliphatic rings. The van der Waals surface area contributed by atoms with Crippen molar-refractivity contribution in [3.05, 3.63) is 115 Å². The van der Waals surface area contributed by atoms with Gasteiger partial charge in [-0.25, -0.2) is 0 Å². The molecule has 0 aliphatic carbocycles. The van der Waals surface area contributed by atoms with Crippen LogP contribution in [0.3, 0.4) is 0 Å². The van der Waals surface area contributed by atoms with E-state index in [-0.39, 0.29) is 0 Å². The van der Waals surface area contributed by atoms with Crippen LogP contribution in [0, 0.1) is 0 Å². The van der Waals surface area contributed by atoms with Gasteiger partial charge < -0.3 is 0 Å². The van der Waals surface area contributed by atoms with E-state index in [9.17, 15) is 0 Å². The number of para-hydroxylation sites is 2. The Kier molecular flexibility index (Phi) is 4.75. The van der Waals surface area contributed by atoms with Crippen molar-refractivity contribution in [3.8, 4) is 23.3 Å². The number of aliphatic imine (C=N–C) groups is 1. The summed E-state index contributed by atoms with van der Waals surface area (Å²) in [5.74, 6) is 1.71. The zero-order chi connectivity index (χ0) is 25.8. The fourth-order valence-corrected chi connectivity index (χ4v) is 5.55. The van der Waals surface area contributed by atoms with E-state index in [2.05, 4.69) is 67.7 Å². The quantitative estimate of drug-likeness (QED) is 0.273. The largest absolute Gasteiger partial charge is 0.281 e. The molecule has 5 heterocycles. The second kappa shape index (κ2) is 8.56. The molecule has 4 aromatic heterocycles. The van der Waals surface area contributed by atoms with Crippen LogP contribution in [0.25, 0.3) is 62.1 Å². The van der Waals surface area contributed by atoms with Crippen molar-refractivity contribution < 1.29 is 0 Å². The van der Waals surface area contributed by atoms with Gasteiger partial charge >= 0.3 is 0 Å². The number of fused-ring (bicyclic) bond motifs is 6. The molecule has 1 aliphatic heterocycles. The fraction of sp³-hybridized carbons (Fsp3) is 0.0312. The molecule has 7 nitrogen and oxygen atoms in total. The van der Waals surface area contributed by atoms with Crippen molar-refractivity contribution in [2.24, 2.45) is 4.99 Å². The molecule has 0 fully saturated rings. The summed E-state index contributed by atoms with van der Waals surface area (Å²) in [6.45, 7) is 0. The first-order chi connectivity index (χ1) is 19.4. The molecule has 0 bridgehead atoms. The highest BCUT2D eigenvalue weighted by atomic mass is 15.3. The molecule has 0 saturated carbocycles. The topological polar surface area (TPSA) is 73.8 Å². The number of aromatic nitrogens is 6. The average Bonchev–Trinajstić information content (AvgIpc) is 3.38. The van der Waals surface area contributed by atoms with Crippen LogP contribution < -0.4 is 0 Å². The highest BCUT2D eigenvalue weighted by Gasteiger charge is 2.22. The lowest BCUT2D eigenvalue weighted by Gasteiger charge is -2.13. The van der Waals surface area contributed by atoms with Crippen LogP contribution in [0.2, 0.25) is 0 Å². The summed E-state index contributed by atoms with van der Waals surface area (Å²) in [4.78, 5) is 24.1. The average molecular weight is 504 g/mol. The van der Waals surface area contributed by atoms with E-state index in [0.29, 0.717) is 24.1 Å². The molecule has 0 amide bonds. The zero-order valence-corrected chi connectivity index (χ0v) is 20.8. The minimum Gasteiger partial charge on any atom is -0.281 e. The lowest BCUT2D eigenvalue weighted by Crippen LogP contribution is -2.12. The van der Waals surface area contributed by atoms with Crippen LogP contribution in [0.4, 0.5) is 0 Å². The molecule has 0 radical (unpaired) electrons. The van der Waals surface area contributed by atoms with E-state index in [1.54, 1.807) is 0 Å². The molecule has 184 valence electrons. The summed E-state index contributed by atoms with van der Waals surface area (Å²) in [6, 6.07) is 28.8. The smallest absolute Gasteiger partial charge is 0.240 e. The Hall–Kier alpha value is -5.43. The summed E-state index contributed by atoms with van der Waals surface area (Å²) in [7, 11) is 0. The Morgan fingerprint density at radius 3 is 2.15 bits per heavy atom. The molecular weight excluding hydrogens is 482 g/mol. The third kappa shape index (κ3) is 3.33. The lowest BCUT2D eigenvalue weighted by atomic mass is 10.1. The first-order valence-electron chi connectivity index (χ1n) is 12.8. The number of rotatable bonds is 3. The second-order valence-corrected chi connectivity index (χ2v) is 9.43. The van der Waals surface area contributed by atoms with Crippen LogP contribution >= 0.6 is 0 Å². The summed E-state index contributed by atoms with van der Waals surface area (Å²) < 4.78 is 4.23. The van der Waals surface area contributed by atoms with Crippen LogP contribution in [0.5, 0.6) is 0 Å². The highest BCUT2D eigenvalue weighted by Crippen LogP contribution is 2.33. The normalized spacial score (nSPS) is 12.8. The Bertz CT molecular complexity index is 2050. The first kappa shape index (κ1) is 21.6. The van der Waals surface area contributed by atoms with Gasteiger partial charge in [0.05, 0.1) is 22.7 Å². The van der Waals surface area contributed by atoms with Crippen LogP contribution in [0.1, 0.15) is 11.3 Å². The van der Waals surface area contributed by atoms with Crippen molar-refractivity contribution in [1.82, 2.24) is 29.1 Å². The van der Waals surface area contributed by atoms with Gasteiger partial charge in [0.15, 0.2) is 5.82 Å². The van der Waals surface area contributed by atoms with Crippen molar-refractivity contribution in [2.75, 3.05) is 0 Å². The monoisotopic (exact) mass is 503 g/mol. The zero-order valence-electron chi connectivity index (χ0n) is 20.8. The molecular formula is C32H21N7. The molecule has 0 spiro atoms. The van der Waals surface area contributed by atoms with E-state index in [0.717, 1.165) is 49.5 Å². The van der Waals surface area contributed by atoms with Crippen molar-refractivity contribution in [1.29, 1.82) is 0 Å². The summed E-state index contributed by atoms with van der Waals surface area (Å²) in [6.07, 6.45) is 10.2. The number of hydrogen-bond donors (Lipinski definition) is 0. The van der Waals surface area contributed by atoms with Crippen LogP contribution in [0.15, 0.2) is 109 Å². The fourth-order valence-electron chi connectivity index (χ4n) is 5.55. The number of hydrogen-bond acceptors (Lipinski definition) is 5. The molecule has 0 saturated heterocycles. The predicted molar refractivity (Wildman–Crippen MR) is 155 cm³/mol. The third-order valence-electron chi connectivity index (χ3n) is 7.25. The van der Waals surface area contributed by atoms with Crippen molar-refractivity contribution in [3.63, 3.8) is 0 Å². The highest BCUT2D eigenvalue weighted by molar-refractivity contribution is 6.08. The Balaban J connectivity index is 1.49. The molecule has 0 atom stereocenters. The van der Waals surface area contributed by atoms with E-state index in [1.165, 1.54) is 0 Å². The predicted octanol–water partition coefficient (Wildman–Crippen LogP) is 6.57. The van der Waals surface area contributed by atoms with Gasteiger partial charge in [-0.15, -0.1) is 0 Å². The molecule has 3 aromatic carbocycles. The van der Waals surface area contributed by atoms with Gasteiger partial charge in [0.2, 0.25) is 11.9 Å². The van der Waals surface area contributed by atoms with Crippen LogP contribution in [-0.4, -0.2) is 35.3 Å². The second-order valence-electron chi connectivity index (χ2n) is 9.43. The van der Waals surface area contributed by atoms with Gasteiger partial charge in [-0.2, -0.15) is 15.0 Å². The van der Waals surface area contributed by atoms with E-state index >= 15 is 0 Å². The van der Waals surface area contributed by atoms with Gasteiger partial charge in [-0.05, 0) is 24.3 Å². The SMILES string of the molecule is C1=Cc2c(n(-c3nc(-c4ccccc4)nc(-n4c5ccccc5c5ccncc54)n3)c3ccccc23)CC=N1. The number of benzene rings is 3. The lowest BCUT2D eigenvalue weighted by molar-refractivity contribution is 0.859. The number of nitrogens with zero attached hydrogens (tertiary/aromatic N) is 7. The minimum absolute atomic E-state index is 0.544. The minimum atomic E-state index is 0.544. The summed E-state index contributed by atoms with van der Waals surface area (Å²) >= 11 is 0. The Labute approximate surface area is 223 Å². The van der Waals surface area contributed by atoms with Crippen LogP contribution in [-0.2, 0) is 6.42 Å². The van der Waals surface area contributed by atoms with E-state index in [1.807, 2.05) is 67.3 Å². The van der Waals surface area contributed by atoms with Gasteiger partial charge in [-0.1, -0.05) is 66.7 Å². The Morgan fingerprint density at radius 2 is 1.31 bits per heavy atom. The summed E-state index contributed by atoms with van der Waals surface area (Å²) in [5.41, 5.74) is 6.15. The molecule has 8 rings (SSSR count). The van der Waals surface area contributed by atoms with Crippen molar-refractivity contribution >= 4 is 45.0 Å². The number of pyridine rings is 1. The Morgan fingerprint density at radius 1 is 0.615 bits per heavy atom. The third-order valence-corrected chi connectivity index (χ3v) is 7.25. The molecule has 39 heavy (non-hydrogen) atoms. The van der Waals surface area contributed by atoms with E-state index in [4.69, 9.17) is 15.0 Å². The summed E-state index contributed by atoms with van der Waals surface area (Å²) in [5, 5.41) is 3.36. The first-order valence-corrected chi connectivity index (χ1v) is 12.8. The maximum atomic E-state index is 5.14. The van der Waals surface area contributed by atoms with Gasteiger partial charge in [0.1, 0.15) is 0 Å². The van der Waals surface area contributed by atoms with Gasteiger partial charge in [0, 0.05) is 58.0 Å². The molecule has 7 heteroatoms. The van der Waals surface area contributed by atoms with Gasteiger partial charge in [0.25, 0.3) is 0 Å². The molecule has 0 unspecified atom stereocenters.